The summed E-state index contributed by atoms with van der Waals surface area (Å²) in [6.07, 6.45) is 0.0660. The third kappa shape index (κ3) is 4.35. The van der Waals surface area contributed by atoms with Crippen molar-refractivity contribution in [3.63, 3.8) is 0 Å². The van der Waals surface area contributed by atoms with E-state index in [1.807, 2.05) is 11.8 Å². The number of carboxylic acid groups (broad SMARTS) is 1. The van der Waals surface area contributed by atoms with Crippen LogP contribution in [-0.2, 0) is 11.3 Å². The Kier molecular flexibility index (Phi) is 4.99. The molecular formula is C14H16FN3O3. The van der Waals surface area contributed by atoms with Crippen molar-refractivity contribution >= 4 is 5.97 Å². The lowest BCUT2D eigenvalue weighted by Crippen LogP contribution is -2.26. The zero-order valence-electron chi connectivity index (χ0n) is 11.6. The average Bonchev–Trinajstić information content (AvgIpc) is 2.92. The van der Waals surface area contributed by atoms with Crippen LogP contribution in [0, 0.1) is 5.82 Å². The van der Waals surface area contributed by atoms with E-state index in [1.165, 1.54) is 12.1 Å². The van der Waals surface area contributed by atoms with Gasteiger partial charge in [-0.3, -0.25) is 9.69 Å². The van der Waals surface area contributed by atoms with E-state index in [1.54, 1.807) is 12.1 Å². The summed E-state index contributed by atoms with van der Waals surface area (Å²) in [6, 6.07) is 5.78. The van der Waals surface area contributed by atoms with Gasteiger partial charge in [0.25, 0.3) is 5.89 Å². The minimum atomic E-state index is -0.839. The van der Waals surface area contributed by atoms with Crippen LogP contribution in [0.5, 0.6) is 0 Å². The lowest BCUT2D eigenvalue weighted by Gasteiger charge is -2.16. The van der Waals surface area contributed by atoms with E-state index in [0.29, 0.717) is 36.9 Å². The predicted octanol–water partition coefficient (Wildman–Crippen LogP) is 2.17. The Bertz CT molecular complexity index is 598. The molecule has 1 N–H and O–H groups in total. The summed E-state index contributed by atoms with van der Waals surface area (Å²) in [5.74, 6) is -0.376. The van der Waals surface area contributed by atoms with E-state index in [2.05, 4.69) is 10.1 Å². The molecule has 0 amide bonds. The molecule has 0 aliphatic rings. The highest BCUT2D eigenvalue weighted by molar-refractivity contribution is 5.66. The maximum absolute atomic E-state index is 12.9. The average molecular weight is 293 g/mol. The molecule has 2 rings (SSSR count). The molecule has 112 valence electrons. The van der Waals surface area contributed by atoms with Crippen LogP contribution in [0.1, 0.15) is 19.2 Å². The lowest BCUT2D eigenvalue weighted by molar-refractivity contribution is -0.137. The lowest BCUT2D eigenvalue weighted by atomic mass is 10.2. The van der Waals surface area contributed by atoms with Gasteiger partial charge < -0.3 is 9.63 Å². The first-order valence-electron chi connectivity index (χ1n) is 6.61. The van der Waals surface area contributed by atoms with E-state index in [4.69, 9.17) is 9.63 Å². The SMILES string of the molecule is CCN(CCC(=O)O)Cc1noc(-c2ccc(F)cc2)n1. The number of aliphatic carboxylic acids is 1. The van der Waals surface area contributed by atoms with Gasteiger partial charge in [0.05, 0.1) is 13.0 Å². The smallest absolute Gasteiger partial charge is 0.304 e. The minimum absolute atomic E-state index is 0.0660. The Morgan fingerprint density at radius 2 is 2.10 bits per heavy atom. The molecule has 2 aromatic rings. The van der Waals surface area contributed by atoms with Gasteiger partial charge in [-0.1, -0.05) is 12.1 Å². The highest BCUT2D eigenvalue weighted by atomic mass is 19.1. The molecule has 0 aliphatic heterocycles. The number of rotatable bonds is 7. The molecule has 0 aliphatic carbocycles. The fraction of sp³-hybridized carbons (Fsp3) is 0.357. The molecule has 21 heavy (non-hydrogen) atoms. The highest BCUT2D eigenvalue weighted by Crippen LogP contribution is 2.17. The molecular weight excluding hydrogens is 277 g/mol. The van der Waals surface area contributed by atoms with Crippen molar-refractivity contribution in [3.05, 3.63) is 35.9 Å². The van der Waals surface area contributed by atoms with Gasteiger partial charge in [0.15, 0.2) is 5.82 Å². The molecule has 0 saturated heterocycles. The van der Waals surface area contributed by atoms with E-state index in [0.717, 1.165) is 0 Å². The Hall–Kier alpha value is -2.28. The summed E-state index contributed by atoms with van der Waals surface area (Å²) >= 11 is 0. The molecule has 0 saturated carbocycles. The second-order valence-electron chi connectivity index (χ2n) is 4.54. The van der Waals surface area contributed by atoms with Gasteiger partial charge in [0.1, 0.15) is 5.82 Å². The summed E-state index contributed by atoms with van der Waals surface area (Å²) in [6.45, 7) is 3.46. The molecule has 0 atom stereocenters. The molecule has 0 unspecified atom stereocenters. The van der Waals surface area contributed by atoms with Crippen molar-refractivity contribution in [2.24, 2.45) is 0 Å². The second-order valence-corrected chi connectivity index (χ2v) is 4.54. The summed E-state index contributed by atoms with van der Waals surface area (Å²) in [7, 11) is 0. The number of hydrogen-bond donors (Lipinski definition) is 1. The van der Waals surface area contributed by atoms with Gasteiger partial charge in [0.2, 0.25) is 0 Å². The van der Waals surface area contributed by atoms with Gasteiger partial charge in [0, 0.05) is 12.1 Å². The zero-order chi connectivity index (χ0) is 15.2. The van der Waals surface area contributed by atoms with Crippen LogP contribution in [-0.4, -0.2) is 39.2 Å². The van der Waals surface area contributed by atoms with Crippen molar-refractivity contribution in [2.45, 2.75) is 19.9 Å². The van der Waals surface area contributed by atoms with Gasteiger partial charge in [-0.25, -0.2) is 4.39 Å². The number of nitrogens with zero attached hydrogens (tertiary/aromatic N) is 3. The fourth-order valence-corrected chi connectivity index (χ4v) is 1.83. The number of aromatic nitrogens is 2. The van der Waals surface area contributed by atoms with E-state index in [9.17, 15) is 9.18 Å². The van der Waals surface area contributed by atoms with Crippen molar-refractivity contribution in [3.8, 4) is 11.5 Å². The topological polar surface area (TPSA) is 79.5 Å². The van der Waals surface area contributed by atoms with Gasteiger partial charge in [-0.15, -0.1) is 0 Å². The summed E-state index contributed by atoms with van der Waals surface area (Å²) in [4.78, 5) is 16.7. The van der Waals surface area contributed by atoms with Crippen LogP contribution in [0.4, 0.5) is 4.39 Å². The number of carbonyl (C=O) groups is 1. The Morgan fingerprint density at radius 3 is 2.71 bits per heavy atom. The first-order chi connectivity index (χ1) is 10.1. The third-order valence-electron chi connectivity index (χ3n) is 3.01. The number of hydrogen-bond acceptors (Lipinski definition) is 5. The molecule has 1 aromatic carbocycles. The standard InChI is InChI=1S/C14H16FN3O3/c1-2-18(8-7-13(19)20)9-12-16-14(21-17-12)10-3-5-11(15)6-4-10/h3-6H,2,7-9H2,1H3,(H,19,20). The summed E-state index contributed by atoms with van der Waals surface area (Å²) in [5.41, 5.74) is 0.642. The first kappa shape index (κ1) is 15.1. The molecule has 6 nitrogen and oxygen atoms in total. The predicted molar refractivity (Wildman–Crippen MR) is 72.9 cm³/mol. The number of halogens is 1. The molecule has 1 aromatic heterocycles. The zero-order valence-corrected chi connectivity index (χ0v) is 11.6. The second kappa shape index (κ2) is 6.94. The first-order valence-corrected chi connectivity index (χ1v) is 6.61. The molecule has 0 fully saturated rings. The highest BCUT2D eigenvalue weighted by Gasteiger charge is 2.13. The van der Waals surface area contributed by atoms with Gasteiger partial charge in [-0.05, 0) is 30.8 Å². The van der Waals surface area contributed by atoms with Crippen molar-refractivity contribution in [1.29, 1.82) is 0 Å². The quantitative estimate of drug-likeness (QED) is 0.842. The summed E-state index contributed by atoms with van der Waals surface area (Å²) < 4.78 is 18.0. The van der Waals surface area contributed by atoms with Crippen molar-refractivity contribution in [1.82, 2.24) is 15.0 Å². The molecule has 0 bridgehead atoms. The van der Waals surface area contributed by atoms with Crippen LogP contribution >= 0.6 is 0 Å². The maximum atomic E-state index is 12.9. The summed E-state index contributed by atoms with van der Waals surface area (Å²) in [5, 5.41) is 12.6. The molecule has 7 heteroatoms. The number of benzene rings is 1. The molecule has 0 spiro atoms. The van der Waals surface area contributed by atoms with Gasteiger partial charge >= 0.3 is 5.97 Å². The Labute approximate surface area is 121 Å². The fourth-order valence-electron chi connectivity index (χ4n) is 1.83. The van der Waals surface area contributed by atoms with Crippen LogP contribution in [0.3, 0.4) is 0 Å². The van der Waals surface area contributed by atoms with Crippen LogP contribution in [0.15, 0.2) is 28.8 Å². The molecule has 0 radical (unpaired) electrons. The van der Waals surface area contributed by atoms with Crippen LogP contribution in [0.25, 0.3) is 11.5 Å². The van der Waals surface area contributed by atoms with Gasteiger partial charge in [-0.2, -0.15) is 4.98 Å². The van der Waals surface area contributed by atoms with E-state index in [-0.39, 0.29) is 12.2 Å². The third-order valence-corrected chi connectivity index (χ3v) is 3.01. The van der Waals surface area contributed by atoms with E-state index >= 15 is 0 Å². The monoisotopic (exact) mass is 293 g/mol. The number of carboxylic acids is 1. The van der Waals surface area contributed by atoms with Crippen LogP contribution in [0.2, 0.25) is 0 Å². The largest absolute Gasteiger partial charge is 0.481 e. The van der Waals surface area contributed by atoms with Crippen LogP contribution < -0.4 is 0 Å². The Morgan fingerprint density at radius 1 is 1.38 bits per heavy atom. The minimum Gasteiger partial charge on any atom is -0.481 e. The van der Waals surface area contributed by atoms with Crippen molar-refractivity contribution in [2.75, 3.05) is 13.1 Å². The van der Waals surface area contributed by atoms with E-state index < -0.39 is 5.97 Å². The maximum Gasteiger partial charge on any atom is 0.304 e. The molecule has 1 heterocycles. The normalized spacial score (nSPS) is 11.0. The Balaban J connectivity index is 2.01. The van der Waals surface area contributed by atoms with Crippen molar-refractivity contribution < 1.29 is 18.8 Å².